The number of pyridine rings is 1. The largest absolute Gasteiger partial charge is 0.497 e. The van der Waals surface area contributed by atoms with Gasteiger partial charge in [-0.05, 0) is 30.3 Å². The Labute approximate surface area is 226 Å². The number of methoxy groups -OCH3 is 1. The van der Waals surface area contributed by atoms with Crippen molar-refractivity contribution in [1.82, 2.24) is 14.5 Å². The number of nitriles is 1. The smallest absolute Gasteiger partial charge is 0.299 e. The highest BCUT2D eigenvalue weighted by Gasteiger charge is 2.20. The second-order valence-electron chi connectivity index (χ2n) is 8.06. The molecule has 8 nitrogen and oxygen atoms in total. The number of aromatic nitrogens is 3. The molecule has 2 aromatic heterocycles. The van der Waals surface area contributed by atoms with Crippen LogP contribution in [0.1, 0.15) is 11.1 Å². The summed E-state index contributed by atoms with van der Waals surface area (Å²) in [6, 6.07) is 23.9. The molecule has 0 aliphatic rings. The zero-order chi connectivity index (χ0) is 26.8. The number of rotatable bonds is 5. The number of fused-ring (bicyclic) bond motifs is 1. The minimum absolute atomic E-state index is 0.0840. The summed E-state index contributed by atoms with van der Waals surface area (Å²) in [5.41, 5.74) is -0.0594. The molecule has 0 radical (unpaired) electrons. The molecule has 0 saturated heterocycles. The van der Waals surface area contributed by atoms with Crippen LogP contribution in [0.25, 0.3) is 27.8 Å². The number of ether oxygens (including phenoxy) is 1. The summed E-state index contributed by atoms with van der Waals surface area (Å²) in [5.74, 6) is 0.477. The van der Waals surface area contributed by atoms with E-state index >= 15 is 0 Å². The first-order chi connectivity index (χ1) is 18.4. The molecule has 38 heavy (non-hydrogen) atoms. The molecule has 2 heterocycles. The van der Waals surface area contributed by atoms with Crippen molar-refractivity contribution in [3.8, 4) is 28.8 Å². The predicted molar refractivity (Wildman–Crippen MR) is 148 cm³/mol. The fourth-order valence-electron chi connectivity index (χ4n) is 3.95. The number of nitrogens with zero attached hydrogens (tertiary/aromatic N) is 5. The number of benzene rings is 3. The maximum absolute atomic E-state index is 13.9. The number of hydrogen-bond donors (Lipinski definition) is 0. The Hall–Kier alpha value is -4.71. The monoisotopic (exact) mass is 541 g/mol. The quantitative estimate of drug-likeness (QED) is 0.281. The van der Waals surface area contributed by atoms with E-state index in [0.717, 1.165) is 9.36 Å². The zero-order valence-corrected chi connectivity index (χ0v) is 21.3. The normalized spacial score (nSPS) is 11.1. The van der Waals surface area contributed by atoms with E-state index in [1.54, 1.807) is 72.8 Å². The number of halogens is 2. The summed E-state index contributed by atoms with van der Waals surface area (Å²) < 4.78 is 7.37. The molecule has 3 aromatic carbocycles. The maximum Gasteiger partial charge on any atom is 0.299 e. The Kier molecular flexibility index (Phi) is 6.79. The van der Waals surface area contributed by atoms with Gasteiger partial charge in [0.05, 0.1) is 24.7 Å². The van der Waals surface area contributed by atoms with Crippen molar-refractivity contribution in [2.75, 3.05) is 7.11 Å². The maximum atomic E-state index is 13.9. The second-order valence-corrected chi connectivity index (χ2v) is 8.87. The first kappa shape index (κ1) is 25.0. The molecule has 0 aliphatic carbocycles. The average Bonchev–Trinajstić information content (AvgIpc) is 2.93. The minimum Gasteiger partial charge on any atom is -0.497 e. The van der Waals surface area contributed by atoms with Gasteiger partial charge in [0.2, 0.25) is 0 Å². The molecule has 10 heteroatoms. The summed E-state index contributed by atoms with van der Waals surface area (Å²) in [6.45, 7) is 0. The van der Waals surface area contributed by atoms with Gasteiger partial charge in [-0.2, -0.15) is 24.8 Å². The van der Waals surface area contributed by atoms with Crippen LogP contribution in [0.5, 0.6) is 5.75 Å². The Balaban J connectivity index is 1.86. The molecule has 0 aliphatic heterocycles. The van der Waals surface area contributed by atoms with E-state index in [9.17, 15) is 14.9 Å². The standard InChI is InChI=1S/C28H17Cl2N5O3/c1-38-19-9-6-8-18(13-19)34-27(36)22(15-31)21-14-25(20-10-3-5-12-24(20)30)35(28(37)26(21)33-34)32-16-17-7-2-4-11-23(17)29/h2-14,16H,1H3. The van der Waals surface area contributed by atoms with Crippen LogP contribution in [0.4, 0.5) is 0 Å². The van der Waals surface area contributed by atoms with Crippen molar-refractivity contribution in [3.05, 3.63) is 121 Å². The van der Waals surface area contributed by atoms with Crippen molar-refractivity contribution in [3.63, 3.8) is 0 Å². The van der Waals surface area contributed by atoms with Crippen LogP contribution in [0, 0.1) is 11.3 Å². The lowest BCUT2D eigenvalue weighted by Gasteiger charge is -2.14. The van der Waals surface area contributed by atoms with Crippen LogP contribution >= 0.6 is 23.2 Å². The third-order valence-corrected chi connectivity index (χ3v) is 6.49. The van der Waals surface area contributed by atoms with Crippen molar-refractivity contribution in [1.29, 1.82) is 5.26 Å². The Morgan fingerprint density at radius 1 is 0.947 bits per heavy atom. The molecule has 0 fully saturated rings. The zero-order valence-electron chi connectivity index (χ0n) is 19.8. The SMILES string of the molecule is COc1cccc(-n2nc3c(=O)n(N=Cc4ccccc4Cl)c(-c4ccccc4Cl)cc3c(C#N)c2=O)c1. The Morgan fingerprint density at radius 2 is 1.68 bits per heavy atom. The molecule has 0 atom stereocenters. The van der Waals surface area contributed by atoms with E-state index < -0.39 is 11.1 Å². The number of hydrogen-bond acceptors (Lipinski definition) is 6. The van der Waals surface area contributed by atoms with Gasteiger partial charge >= 0.3 is 0 Å². The minimum atomic E-state index is -0.685. The average molecular weight is 542 g/mol. The first-order valence-electron chi connectivity index (χ1n) is 11.2. The topological polar surface area (TPSA) is 102 Å². The van der Waals surface area contributed by atoms with Crippen molar-refractivity contribution >= 4 is 40.3 Å². The van der Waals surface area contributed by atoms with Gasteiger partial charge in [-0.15, -0.1) is 0 Å². The van der Waals surface area contributed by atoms with Gasteiger partial charge < -0.3 is 4.74 Å². The van der Waals surface area contributed by atoms with Crippen molar-refractivity contribution < 1.29 is 4.74 Å². The van der Waals surface area contributed by atoms with Gasteiger partial charge in [0.1, 0.15) is 17.4 Å². The van der Waals surface area contributed by atoms with Gasteiger partial charge in [-0.25, -0.2) is 0 Å². The summed E-state index contributed by atoms with van der Waals surface area (Å²) in [6.07, 6.45) is 1.44. The van der Waals surface area contributed by atoms with E-state index in [2.05, 4.69) is 10.2 Å². The molecule has 0 spiro atoms. The molecule has 0 unspecified atom stereocenters. The second kappa shape index (κ2) is 10.3. The Morgan fingerprint density at radius 3 is 2.39 bits per heavy atom. The molecule has 0 N–H and O–H groups in total. The van der Waals surface area contributed by atoms with E-state index in [1.165, 1.54) is 19.4 Å². The van der Waals surface area contributed by atoms with Crippen molar-refractivity contribution in [2.24, 2.45) is 5.10 Å². The highest BCUT2D eigenvalue weighted by atomic mass is 35.5. The summed E-state index contributed by atoms with van der Waals surface area (Å²) in [5, 5.41) is 19.6. The highest BCUT2D eigenvalue weighted by Crippen LogP contribution is 2.29. The lowest BCUT2D eigenvalue weighted by molar-refractivity contribution is 0.414. The lowest BCUT2D eigenvalue weighted by atomic mass is 10.1. The van der Waals surface area contributed by atoms with E-state index in [4.69, 9.17) is 27.9 Å². The Bertz CT molecular complexity index is 1900. The summed E-state index contributed by atoms with van der Waals surface area (Å²) >= 11 is 12.7. The van der Waals surface area contributed by atoms with Gasteiger partial charge in [0.15, 0.2) is 5.52 Å². The summed E-state index contributed by atoms with van der Waals surface area (Å²) in [7, 11) is 1.49. The molecule has 186 valence electrons. The third kappa shape index (κ3) is 4.45. The molecular weight excluding hydrogens is 525 g/mol. The van der Waals surface area contributed by atoms with Gasteiger partial charge in [-0.1, -0.05) is 65.7 Å². The van der Waals surface area contributed by atoms with Crippen LogP contribution in [0.3, 0.4) is 0 Å². The van der Waals surface area contributed by atoms with Crippen LogP contribution in [0.2, 0.25) is 10.0 Å². The third-order valence-electron chi connectivity index (χ3n) is 5.81. The molecule has 5 rings (SSSR count). The van der Waals surface area contributed by atoms with E-state index in [1.807, 2.05) is 6.07 Å². The summed E-state index contributed by atoms with van der Waals surface area (Å²) in [4.78, 5) is 27.2. The molecule has 0 bridgehead atoms. The van der Waals surface area contributed by atoms with E-state index in [-0.39, 0.29) is 22.2 Å². The van der Waals surface area contributed by atoms with Crippen LogP contribution in [-0.4, -0.2) is 27.8 Å². The van der Waals surface area contributed by atoms with Gasteiger partial charge in [-0.3, -0.25) is 9.59 Å². The van der Waals surface area contributed by atoms with Crippen molar-refractivity contribution in [2.45, 2.75) is 0 Å². The fraction of sp³-hybridized carbons (Fsp3) is 0.0357. The molecule has 5 aromatic rings. The van der Waals surface area contributed by atoms with Crippen LogP contribution in [0.15, 0.2) is 93.6 Å². The van der Waals surface area contributed by atoms with Gasteiger partial charge in [0.25, 0.3) is 11.1 Å². The van der Waals surface area contributed by atoms with Crippen LogP contribution in [-0.2, 0) is 0 Å². The molecule has 0 amide bonds. The van der Waals surface area contributed by atoms with Gasteiger partial charge in [0, 0.05) is 32.6 Å². The fourth-order valence-corrected chi connectivity index (χ4v) is 4.36. The lowest BCUT2D eigenvalue weighted by Crippen LogP contribution is -2.29. The molecular formula is C28H17Cl2N5O3. The molecule has 0 saturated carbocycles. The van der Waals surface area contributed by atoms with Crippen LogP contribution < -0.4 is 15.9 Å². The predicted octanol–water partition coefficient (Wildman–Crippen LogP) is 5.28. The highest BCUT2D eigenvalue weighted by molar-refractivity contribution is 6.33. The first-order valence-corrected chi connectivity index (χ1v) is 12.0. The van der Waals surface area contributed by atoms with E-state index in [0.29, 0.717) is 32.6 Å².